The zero-order valence-electron chi connectivity index (χ0n) is 39.7. The summed E-state index contributed by atoms with van der Waals surface area (Å²) in [5, 5.41) is 72.0. The van der Waals surface area contributed by atoms with E-state index in [-0.39, 0.29) is 19.6 Å². The molecule has 376 valence electrons. The number of hydrogen-bond acceptors (Lipinski definition) is 14. The van der Waals surface area contributed by atoms with Gasteiger partial charge in [0, 0.05) is 13.0 Å². The lowest BCUT2D eigenvalue weighted by atomic mass is 9.98. The number of carbonyl (C=O) groups excluding carboxylic acids is 1. The van der Waals surface area contributed by atoms with Gasteiger partial charge in [0.1, 0.15) is 54.9 Å². The summed E-state index contributed by atoms with van der Waals surface area (Å²) < 4.78 is 34.1. The van der Waals surface area contributed by atoms with Gasteiger partial charge >= 0.3 is 5.97 Å². The Kier molecular flexibility index (Phi) is 35.0. The fourth-order valence-electron chi connectivity index (χ4n) is 7.47. The Morgan fingerprint density at radius 2 is 1.00 bits per heavy atom. The molecule has 0 bridgehead atoms. The summed E-state index contributed by atoms with van der Waals surface area (Å²) >= 11 is 0. The van der Waals surface area contributed by atoms with Gasteiger partial charge in [0.05, 0.1) is 26.4 Å². The summed E-state index contributed by atoms with van der Waals surface area (Å²) in [6.45, 7) is 3.45. The SMILES string of the molecule is CC/C=C\C/C=C\C/C=C\C/C=C\CCC(=O)OC(COCCCCCCCCCC/C=C\CCCCCCCC)COC1OC(COC2OC(CO)C(O)C(O)C2O)C(O)C(O)C1O. The van der Waals surface area contributed by atoms with Crippen LogP contribution in [-0.2, 0) is 33.2 Å². The summed E-state index contributed by atoms with van der Waals surface area (Å²) in [4.78, 5) is 12.9. The molecule has 2 heterocycles. The van der Waals surface area contributed by atoms with Crippen molar-refractivity contribution in [2.75, 3.05) is 33.0 Å². The third-order valence-electron chi connectivity index (χ3n) is 11.5. The van der Waals surface area contributed by atoms with Gasteiger partial charge in [-0.3, -0.25) is 4.79 Å². The molecule has 14 heteroatoms. The molecule has 11 atom stereocenters. The first kappa shape index (κ1) is 58.8. The molecule has 2 rings (SSSR count). The Bertz CT molecular complexity index is 1300. The van der Waals surface area contributed by atoms with Crippen LogP contribution in [0.1, 0.15) is 155 Å². The maximum absolute atomic E-state index is 12.9. The molecule has 14 nitrogen and oxygen atoms in total. The van der Waals surface area contributed by atoms with E-state index < -0.39 is 86.7 Å². The number of ether oxygens (including phenoxy) is 6. The number of esters is 1. The highest BCUT2D eigenvalue weighted by Crippen LogP contribution is 2.26. The first-order valence-electron chi connectivity index (χ1n) is 24.9. The standard InChI is InChI=1S/C51H88O14/c1-3-5-7-9-11-13-15-17-18-19-20-21-23-25-27-29-31-33-35-60-37-40(63-43(53)34-32-30-28-26-24-22-16-14-12-10-8-6-4-2)38-61-50-49(59)47(57)45(55)42(65-50)39-62-51-48(58)46(56)44(54)41(36-52)64-51/h6,8,12,14,17-18,22,24,28,30,40-42,44-52,54-59H,3-5,7,9-11,13,15-16,19-21,23,25-27,29,31-39H2,1-2H3/b8-6-,14-12-,18-17-,24-22-,30-28-. The van der Waals surface area contributed by atoms with Gasteiger partial charge in [-0.2, -0.15) is 0 Å². The van der Waals surface area contributed by atoms with Crippen LogP contribution in [0.25, 0.3) is 0 Å². The van der Waals surface area contributed by atoms with Crippen molar-refractivity contribution in [2.24, 2.45) is 0 Å². The van der Waals surface area contributed by atoms with Crippen LogP contribution in [0.15, 0.2) is 60.8 Å². The van der Waals surface area contributed by atoms with Crippen LogP contribution in [0.4, 0.5) is 0 Å². The van der Waals surface area contributed by atoms with Crippen molar-refractivity contribution in [3.63, 3.8) is 0 Å². The summed E-state index contributed by atoms with van der Waals surface area (Å²) in [6.07, 6.45) is 28.8. The Morgan fingerprint density at radius 3 is 1.57 bits per heavy atom. The summed E-state index contributed by atoms with van der Waals surface area (Å²) in [5.41, 5.74) is 0. The molecular weight excluding hydrogens is 837 g/mol. The van der Waals surface area contributed by atoms with E-state index in [9.17, 15) is 40.5 Å². The molecule has 0 amide bonds. The summed E-state index contributed by atoms with van der Waals surface area (Å²) in [5.74, 6) is -0.458. The van der Waals surface area contributed by atoms with Crippen LogP contribution in [0, 0.1) is 0 Å². The van der Waals surface area contributed by atoms with E-state index in [2.05, 4.69) is 62.5 Å². The molecule has 11 unspecified atom stereocenters. The van der Waals surface area contributed by atoms with Crippen LogP contribution < -0.4 is 0 Å². The van der Waals surface area contributed by atoms with Crippen molar-refractivity contribution in [3.8, 4) is 0 Å². The van der Waals surface area contributed by atoms with Crippen molar-refractivity contribution in [2.45, 2.75) is 223 Å². The van der Waals surface area contributed by atoms with Gasteiger partial charge in [-0.15, -0.1) is 0 Å². The van der Waals surface area contributed by atoms with E-state index in [4.69, 9.17) is 28.4 Å². The lowest BCUT2D eigenvalue weighted by Gasteiger charge is -2.42. The van der Waals surface area contributed by atoms with Crippen LogP contribution in [-0.4, -0.2) is 142 Å². The highest BCUT2D eigenvalue weighted by atomic mass is 16.7. The van der Waals surface area contributed by atoms with E-state index in [0.717, 1.165) is 44.9 Å². The predicted molar refractivity (Wildman–Crippen MR) is 252 cm³/mol. The first-order chi connectivity index (χ1) is 31.6. The fourth-order valence-corrected chi connectivity index (χ4v) is 7.47. The van der Waals surface area contributed by atoms with Crippen molar-refractivity contribution in [3.05, 3.63) is 60.8 Å². The molecule has 2 fully saturated rings. The maximum atomic E-state index is 12.9. The van der Waals surface area contributed by atoms with Crippen LogP contribution in [0.2, 0.25) is 0 Å². The monoisotopic (exact) mass is 925 g/mol. The first-order valence-corrected chi connectivity index (χ1v) is 24.9. The van der Waals surface area contributed by atoms with Crippen molar-refractivity contribution in [1.29, 1.82) is 0 Å². The topological polar surface area (TPSA) is 214 Å². The highest BCUT2D eigenvalue weighted by molar-refractivity contribution is 5.69. The van der Waals surface area contributed by atoms with Gasteiger partial charge in [0.2, 0.25) is 0 Å². The second kappa shape index (κ2) is 38.6. The lowest BCUT2D eigenvalue weighted by Crippen LogP contribution is -2.61. The molecule has 0 radical (unpaired) electrons. The molecule has 2 aliphatic heterocycles. The maximum Gasteiger partial charge on any atom is 0.306 e. The normalized spacial score (nSPS) is 27.0. The van der Waals surface area contributed by atoms with E-state index in [1.807, 2.05) is 12.2 Å². The number of aliphatic hydroxyl groups excluding tert-OH is 7. The van der Waals surface area contributed by atoms with Gasteiger partial charge in [-0.25, -0.2) is 0 Å². The van der Waals surface area contributed by atoms with Gasteiger partial charge in [-0.1, -0.05) is 145 Å². The van der Waals surface area contributed by atoms with Gasteiger partial charge in [0.15, 0.2) is 12.6 Å². The van der Waals surface area contributed by atoms with Gasteiger partial charge in [0.25, 0.3) is 0 Å². The molecule has 0 saturated carbocycles. The lowest BCUT2D eigenvalue weighted by molar-refractivity contribution is -0.332. The van der Waals surface area contributed by atoms with Crippen LogP contribution in [0.5, 0.6) is 0 Å². The van der Waals surface area contributed by atoms with Crippen molar-refractivity contribution >= 4 is 5.97 Å². The molecule has 0 aromatic carbocycles. The number of hydrogen-bond donors (Lipinski definition) is 7. The third kappa shape index (κ3) is 26.7. The minimum Gasteiger partial charge on any atom is -0.457 e. The number of rotatable bonds is 38. The minimum atomic E-state index is -1.72. The Hall–Kier alpha value is -2.31. The molecular formula is C51H88O14. The largest absolute Gasteiger partial charge is 0.457 e. The van der Waals surface area contributed by atoms with Gasteiger partial charge < -0.3 is 64.2 Å². The zero-order valence-corrected chi connectivity index (χ0v) is 39.7. The number of aliphatic hydroxyl groups is 7. The Balaban J connectivity index is 1.80. The Morgan fingerprint density at radius 1 is 0.523 bits per heavy atom. The molecule has 7 N–H and O–H groups in total. The minimum absolute atomic E-state index is 0.0285. The fraction of sp³-hybridized carbons (Fsp3) is 0.784. The van der Waals surface area contributed by atoms with Crippen LogP contribution >= 0.6 is 0 Å². The molecule has 0 aromatic heterocycles. The van der Waals surface area contributed by atoms with E-state index in [1.165, 1.54) is 83.5 Å². The summed E-state index contributed by atoms with van der Waals surface area (Å²) in [6, 6.07) is 0. The average molecular weight is 925 g/mol. The van der Waals surface area contributed by atoms with E-state index in [0.29, 0.717) is 13.0 Å². The number of allylic oxidation sites excluding steroid dienone is 10. The molecule has 0 spiro atoms. The second-order valence-electron chi connectivity index (χ2n) is 17.3. The van der Waals surface area contributed by atoms with Gasteiger partial charge in [-0.05, 0) is 64.2 Å². The number of carbonyl (C=O) groups is 1. The molecule has 2 saturated heterocycles. The molecule has 0 aromatic rings. The number of unbranched alkanes of at least 4 members (excludes halogenated alkanes) is 14. The second-order valence-corrected chi connectivity index (χ2v) is 17.3. The summed E-state index contributed by atoms with van der Waals surface area (Å²) in [7, 11) is 0. The molecule has 0 aliphatic carbocycles. The Labute approximate surface area is 390 Å². The highest BCUT2D eigenvalue weighted by Gasteiger charge is 2.47. The predicted octanol–water partition coefficient (Wildman–Crippen LogP) is 6.96. The smallest absolute Gasteiger partial charge is 0.306 e. The quantitative estimate of drug-likeness (QED) is 0.0190. The average Bonchev–Trinajstić information content (AvgIpc) is 3.30. The van der Waals surface area contributed by atoms with Crippen LogP contribution in [0.3, 0.4) is 0 Å². The third-order valence-corrected chi connectivity index (χ3v) is 11.5. The van der Waals surface area contributed by atoms with E-state index in [1.54, 1.807) is 0 Å². The molecule has 65 heavy (non-hydrogen) atoms. The zero-order chi connectivity index (χ0) is 47.3. The van der Waals surface area contributed by atoms with Crippen molar-refractivity contribution < 1.29 is 69.0 Å². The van der Waals surface area contributed by atoms with Crippen molar-refractivity contribution in [1.82, 2.24) is 0 Å². The molecule has 2 aliphatic rings. The van der Waals surface area contributed by atoms with E-state index >= 15 is 0 Å².